The minimum Gasteiger partial charge on any atom is -0.401 e. The second-order valence-corrected chi connectivity index (χ2v) is 5.04. The molecule has 100 valence electrons. The summed E-state index contributed by atoms with van der Waals surface area (Å²) in [6, 6.07) is 0. The summed E-state index contributed by atoms with van der Waals surface area (Å²) in [6.45, 7) is 3.26. The maximum Gasteiger partial charge on any atom is 0.171 e. The molecule has 0 aromatic carbocycles. The van der Waals surface area contributed by atoms with Gasteiger partial charge in [0, 0.05) is 17.7 Å². The summed E-state index contributed by atoms with van der Waals surface area (Å²) < 4.78 is 0. The van der Waals surface area contributed by atoms with E-state index in [1.54, 1.807) is 38.2 Å². The third-order valence-electron chi connectivity index (χ3n) is 3.82. The molecule has 0 aromatic heterocycles. The molecule has 0 spiro atoms. The van der Waals surface area contributed by atoms with Gasteiger partial charge in [-0.3, -0.25) is 14.4 Å². The van der Waals surface area contributed by atoms with E-state index in [9.17, 15) is 14.4 Å². The van der Waals surface area contributed by atoms with Gasteiger partial charge in [0.15, 0.2) is 11.6 Å². The minimum atomic E-state index is -0.713. The first-order valence-corrected chi connectivity index (χ1v) is 6.38. The highest BCUT2D eigenvalue weighted by atomic mass is 16.2. The lowest BCUT2D eigenvalue weighted by Crippen LogP contribution is -2.40. The van der Waals surface area contributed by atoms with E-state index < -0.39 is 17.8 Å². The van der Waals surface area contributed by atoms with Crippen LogP contribution in [0.15, 0.2) is 35.6 Å². The van der Waals surface area contributed by atoms with Crippen LogP contribution in [0.5, 0.6) is 0 Å². The van der Waals surface area contributed by atoms with Crippen LogP contribution in [0.4, 0.5) is 0 Å². The smallest absolute Gasteiger partial charge is 0.171 e. The summed E-state index contributed by atoms with van der Waals surface area (Å²) in [7, 11) is 0. The monoisotopic (exact) mass is 259 g/mol. The van der Waals surface area contributed by atoms with E-state index in [4.69, 9.17) is 5.73 Å². The van der Waals surface area contributed by atoms with E-state index >= 15 is 0 Å². The van der Waals surface area contributed by atoms with Crippen LogP contribution in [0.2, 0.25) is 0 Å². The Morgan fingerprint density at radius 1 is 1.11 bits per heavy atom. The Hall–Kier alpha value is -1.97. The Balaban J connectivity index is 2.50. The Morgan fingerprint density at radius 3 is 2.47 bits per heavy atom. The molecule has 0 bridgehead atoms. The van der Waals surface area contributed by atoms with Gasteiger partial charge in [0.25, 0.3) is 0 Å². The molecule has 0 fully saturated rings. The van der Waals surface area contributed by atoms with Crippen LogP contribution in [0.3, 0.4) is 0 Å². The summed E-state index contributed by atoms with van der Waals surface area (Å²) in [5.74, 6) is -2.39. The van der Waals surface area contributed by atoms with Crippen molar-refractivity contribution in [3.05, 3.63) is 35.6 Å². The normalized spacial score (nSPS) is 31.9. The van der Waals surface area contributed by atoms with Gasteiger partial charge in [0.05, 0.1) is 17.8 Å². The number of carbonyl (C=O) groups excluding carboxylic acids is 3. The predicted octanol–water partition coefficient (Wildman–Crippen LogP) is 1.32. The fourth-order valence-electron chi connectivity index (χ4n) is 2.53. The topological polar surface area (TPSA) is 77.2 Å². The molecule has 0 saturated carbocycles. The number of ketones is 3. The lowest BCUT2D eigenvalue weighted by Gasteiger charge is -2.28. The molecule has 2 aliphatic rings. The van der Waals surface area contributed by atoms with Gasteiger partial charge in [-0.15, -0.1) is 0 Å². The van der Waals surface area contributed by atoms with Crippen LogP contribution in [0.1, 0.15) is 20.3 Å². The predicted molar refractivity (Wildman–Crippen MR) is 70.9 cm³/mol. The first kappa shape index (κ1) is 13.5. The zero-order chi connectivity index (χ0) is 14.2. The van der Waals surface area contributed by atoms with Gasteiger partial charge in [-0.1, -0.05) is 24.3 Å². The SMILES string of the molecule is CC1C(=O)C(C2C=CC=CCC2=O)=C(N)C(C)C1=O. The first-order valence-electron chi connectivity index (χ1n) is 6.38. The van der Waals surface area contributed by atoms with E-state index in [-0.39, 0.29) is 29.5 Å². The molecule has 2 aliphatic carbocycles. The number of rotatable bonds is 1. The fourth-order valence-corrected chi connectivity index (χ4v) is 2.53. The van der Waals surface area contributed by atoms with Crippen molar-refractivity contribution in [3.8, 4) is 0 Å². The Bertz CT molecular complexity index is 540. The molecule has 0 amide bonds. The van der Waals surface area contributed by atoms with Crippen molar-refractivity contribution >= 4 is 17.3 Å². The van der Waals surface area contributed by atoms with Crippen molar-refractivity contribution in [2.24, 2.45) is 23.5 Å². The Labute approximate surface area is 112 Å². The maximum absolute atomic E-state index is 12.3. The highest BCUT2D eigenvalue weighted by molar-refractivity contribution is 6.17. The van der Waals surface area contributed by atoms with Gasteiger partial charge >= 0.3 is 0 Å². The second kappa shape index (κ2) is 4.96. The van der Waals surface area contributed by atoms with Crippen LogP contribution in [0.25, 0.3) is 0 Å². The van der Waals surface area contributed by atoms with E-state index in [1.807, 2.05) is 0 Å². The lowest BCUT2D eigenvalue weighted by atomic mass is 9.74. The molecule has 0 saturated heterocycles. The molecular weight excluding hydrogens is 242 g/mol. The zero-order valence-electron chi connectivity index (χ0n) is 11.1. The standard InChI is InChI=1S/C15H17NO3/c1-8-13(16)12(15(19)9(2)14(8)18)10-6-4-3-5-7-11(10)17/h3-6,8-10H,7,16H2,1-2H3. The number of Topliss-reactive ketones (excluding diaryl/α,β-unsaturated/α-hetero) is 3. The molecule has 0 radical (unpaired) electrons. The second-order valence-electron chi connectivity index (χ2n) is 5.04. The van der Waals surface area contributed by atoms with Gasteiger partial charge < -0.3 is 5.73 Å². The number of allylic oxidation sites excluding steroid dienone is 6. The summed E-state index contributed by atoms with van der Waals surface area (Å²) in [6.07, 6.45) is 7.23. The number of hydrogen-bond acceptors (Lipinski definition) is 4. The number of hydrogen-bond donors (Lipinski definition) is 1. The van der Waals surface area contributed by atoms with Crippen LogP contribution >= 0.6 is 0 Å². The van der Waals surface area contributed by atoms with Crippen LogP contribution in [0, 0.1) is 17.8 Å². The van der Waals surface area contributed by atoms with E-state index in [0.29, 0.717) is 5.57 Å². The first-order chi connectivity index (χ1) is 8.95. The van der Waals surface area contributed by atoms with Crippen molar-refractivity contribution in [1.82, 2.24) is 0 Å². The van der Waals surface area contributed by atoms with Crippen LogP contribution in [-0.2, 0) is 14.4 Å². The maximum atomic E-state index is 12.3. The minimum absolute atomic E-state index is 0.0648. The highest BCUT2D eigenvalue weighted by Crippen LogP contribution is 2.32. The van der Waals surface area contributed by atoms with Gasteiger partial charge in [-0.25, -0.2) is 0 Å². The number of carbonyl (C=O) groups is 3. The number of nitrogens with two attached hydrogens (primary N) is 1. The fraction of sp³-hybridized carbons (Fsp3) is 0.400. The summed E-state index contributed by atoms with van der Waals surface area (Å²) in [5.41, 5.74) is 6.50. The van der Waals surface area contributed by atoms with Crippen molar-refractivity contribution in [1.29, 1.82) is 0 Å². The molecule has 0 aromatic rings. The van der Waals surface area contributed by atoms with Gasteiger partial charge in [-0.2, -0.15) is 0 Å². The molecular formula is C15H17NO3. The molecule has 0 aliphatic heterocycles. The average molecular weight is 259 g/mol. The summed E-state index contributed by atoms with van der Waals surface area (Å²) in [5, 5.41) is 0. The zero-order valence-corrected chi connectivity index (χ0v) is 11.1. The molecule has 3 atom stereocenters. The molecule has 2 N–H and O–H groups in total. The third kappa shape index (κ3) is 2.18. The Kier molecular flexibility index (Phi) is 3.51. The molecule has 3 unspecified atom stereocenters. The van der Waals surface area contributed by atoms with Crippen molar-refractivity contribution in [2.75, 3.05) is 0 Å². The Morgan fingerprint density at radius 2 is 1.79 bits per heavy atom. The molecule has 19 heavy (non-hydrogen) atoms. The van der Waals surface area contributed by atoms with Crippen molar-refractivity contribution in [3.63, 3.8) is 0 Å². The average Bonchev–Trinajstić information content (AvgIpc) is 2.60. The molecule has 4 nitrogen and oxygen atoms in total. The van der Waals surface area contributed by atoms with Crippen LogP contribution < -0.4 is 5.73 Å². The quantitative estimate of drug-likeness (QED) is 0.720. The third-order valence-corrected chi connectivity index (χ3v) is 3.82. The van der Waals surface area contributed by atoms with Crippen molar-refractivity contribution in [2.45, 2.75) is 20.3 Å². The molecule has 2 rings (SSSR count). The highest BCUT2D eigenvalue weighted by Gasteiger charge is 2.40. The van der Waals surface area contributed by atoms with Crippen LogP contribution in [-0.4, -0.2) is 17.3 Å². The summed E-state index contributed by atoms with van der Waals surface area (Å²) in [4.78, 5) is 36.2. The summed E-state index contributed by atoms with van der Waals surface area (Å²) >= 11 is 0. The van der Waals surface area contributed by atoms with Gasteiger partial charge in [0.1, 0.15) is 5.78 Å². The van der Waals surface area contributed by atoms with E-state index in [1.165, 1.54) is 0 Å². The largest absolute Gasteiger partial charge is 0.401 e. The lowest BCUT2D eigenvalue weighted by molar-refractivity contribution is -0.134. The van der Waals surface area contributed by atoms with Gasteiger partial charge in [-0.05, 0) is 13.8 Å². The molecule has 4 heteroatoms. The van der Waals surface area contributed by atoms with E-state index in [0.717, 1.165) is 0 Å². The van der Waals surface area contributed by atoms with Crippen molar-refractivity contribution < 1.29 is 14.4 Å². The molecule has 0 heterocycles. The van der Waals surface area contributed by atoms with Gasteiger partial charge in [0.2, 0.25) is 0 Å². The van der Waals surface area contributed by atoms with E-state index in [2.05, 4.69) is 0 Å².